The monoisotopic (exact) mass is 452 g/mol. The van der Waals surface area contributed by atoms with Crippen LogP contribution >= 0.6 is 0 Å². The van der Waals surface area contributed by atoms with Gasteiger partial charge < -0.3 is 18.7 Å². The smallest absolute Gasteiger partial charge is 0.351 e. The van der Waals surface area contributed by atoms with Gasteiger partial charge in [0, 0.05) is 30.2 Å². The van der Waals surface area contributed by atoms with Gasteiger partial charge in [-0.3, -0.25) is 4.57 Å². The molecular formula is C24H28N4O5. The van der Waals surface area contributed by atoms with Crippen LogP contribution in [0.2, 0.25) is 0 Å². The van der Waals surface area contributed by atoms with Gasteiger partial charge in [-0.1, -0.05) is 25.9 Å². The fraction of sp³-hybridized carbons (Fsp3) is 0.500. The van der Waals surface area contributed by atoms with Crippen LogP contribution in [0, 0.1) is 0 Å². The Morgan fingerprint density at radius 3 is 2.82 bits per heavy atom. The Labute approximate surface area is 191 Å². The van der Waals surface area contributed by atoms with E-state index in [1.54, 1.807) is 4.57 Å². The molecule has 1 atom stereocenters. The molecule has 3 aromatic rings. The maximum Gasteiger partial charge on any atom is 0.351 e. The van der Waals surface area contributed by atoms with Gasteiger partial charge in [-0.05, 0) is 43.0 Å². The van der Waals surface area contributed by atoms with Crippen molar-refractivity contribution in [3.8, 4) is 22.9 Å². The van der Waals surface area contributed by atoms with Gasteiger partial charge in [0.1, 0.15) is 12.4 Å². The average molecular weight is 453 g/mol. The second-order valence-corrected chi connectivity index (χ2v) is 9.48. The van der Waals surface area contributed by atoms with Crippen LogP contribution in [0.5, 0.6) is 11.6 Å². The molecule has 0 N–H and O–H groups in total. The summed E-state index contributed by atoms with van der Waals surface area (Å²) in [7, 11) is 0. The molecule has 2 aliphatic rings. The number of hydrogen-bond donors (Lipinski definition) is 0. The standard InChI is InChI=1S/C24H28N4O5/c1-24(2,3)22-25-20(27-33-22)14-31-16-6-7-18-15(11-16)8-9-28-19(18)12-21(26-23(28)29)32-13-17-5-4-10-30-17/h6-7,11-12,17H,4-5,8-10,13-14H2,1-3H3. The van der Waals surface area contributed by atoms with Crippen LogP contribution in [-0.4, -0.2) is 39.0 Å². The van der Waals surface area contributed by atoms with Crippen LogP contribution in [0.25, 0.3) is 11.3 Å². The maximum absolute atomic E-state index is 12.6. The Bertz CT molecular complexity index is 1200. The quantitative estimate of drug-likeness (QED) is 0.562. The molecule has 2 aromatic heterocycles. The van der Waals surface area contributed by atoms with E-state index in [0.717, 1.165) is 42.0 Å². The third kappa shape index (κ3) is 4.64. The van der Waals surface area contributed by atoms with Crippen LogP contribution in [0.4, 0.5) is 0 Å². The highest BCUT2D eigenvalue weighted by atomic mass is 16.5. The molecule has 0 aliphatic carbocycles. The van der Waals surface area contributed by atoms with Crippen molar-refractivity contribution in [2.45, 2.75) is 64.7 Å². The molecule has 0 radical (unpaired) electrons. The molecule has 1 unspecified atom stereocenters. The maximum atomic E-state index is 12.6. The third-order valence-electron chi connectivity index (χ3n) is 5.86. The zero-order valence-corrected chi connectivity index (χ0v) is 19.2. The zero-order valence-electron chi connectivity index (χ0n) is 19.2. The molecule has 0 amide bonds. The van der Waals surface area contributed by atoms with Crippen LogP contribution in [0.3, 0.4) is 0 Å². The molecular weight excluding hydrogens is 424 g/mol. The minimum Gasteiger partial charge on any atom is -0.485 e. The van der Waals surface area contributed by atoms with Crippen molar-refractivity contribution in [3.63, 3.8) is 0 Å². The van der Waals surface area contributed by atoms with Gasteiger partial charge in [0.05, 0.1) is 11.8 Å². The van der Waals surface area contributed by atoms with E-state index in [2.05, 4.69) is 15.1 Å². The molecule has 2 aliphatic heterocycles. The van der Waals surface area contributed by atoms with Crippen LogP contribution in [0.15, 0.2) is 33.6 Å². The molecule has 4 heterocycles. The first-order chi connectivity index (χ1) is 15.9. The van der Waals surface area contributed by atoms with Gasteiger partial charge in [0.25, 0.3) is 0 Å². The molecule has 9 nitrogen and oxygen atoms in total. The van der Waals surface area contributed by atoms with E-state index < -0.39 is 0 Å². The van der Waals surface area contributed by atoms with Gasteiger partial charge in [0.2, 0.25) is 17.6 Å². The van der Waals surface area contributed by atoms with Gasteiger partial charge in [-0.2, -0.15) is 9.97 Å². The first-order valence-electron chi connectivity index (χ1n) is 11.3. The third-order valence-corrected chi connectivity index (χ3v) is 5.86. The molecule has 174 valence electrons. The van der Waals surface area contributed by atoms with Crippen molar-refractivity contribution >= 4 is 0 Å². The van der Waals surface area contributed by atoms with E-state index in [1.807, 2.05) is 45.0 Å². The lowest BCUT2D eigenvalue weighted by Gasteiger charge is -2.22. The number of fused-ring (bicyclic) bond motifs is 3. The highest BCUT2D eigenvalue weighted by Gasteiger charge is 2.23. The fourth-order valence-electron chi connectivity index (χ4n) is 4.07. The summed E-state index contributed by atoms with van der Waals surface area (Å²) >= 11 is 0. The minimum absolute atomic E-state index is 0.0660. The molecule has 0 spiro atoms. The second-order valence-electron chi connectivity index (χ2n) is 9.48. The van der Waals surface area contributed by atoms with Crippen molar-refractivity contribution in [2.75, 3.05) is 13.2 Å². The number of aromatic nitrogens is 4. The van der Waals surface area contributed by atoms with Crippen LogP contribution < -0.4 is 15.2 Å². The lowest BCUT2D eigenvalue weighted by molar-refractivity contribution is 0.0661. The highest BCUT2D eigenvalue weighted by molar-refractivity contribution is 5.67. The van der Waals surface area contributed by atoms with E-state index in [4.69, 9.17) is 18.7 Å². The average Bonchev–Trinajstić information content (AvgIpc) is 3.48. The summed E-state index contributed by atoms with van der Waals surface area (Å²) in [4.78, 5) is 21.1. The Morgan fingerprint density at radius 2 is 2.06 bits per heavy atom. The van der Waals surface area contributed by atoms with Gasteiger partial charge >= 0.3 is 5.69 Å². The molecule has 0 saturated carbocycles. The number of benzene rings is 1. The Hall–Kier alpha value is -3.20. The van der Waals surface area contributed by atoms with Crippen molar-refractivity contribution in [2.24, 2.45) is 0 Å². The van der Waals surface area contributed by atoms with Gasteiger partial charge in [-0.15, -0.1) is 0 Å². The van der Waals surface area contributed by atoms with E-state index in [1.165, 1.54) is 0 Å². The Kier molecular flexibility index (Phi) is 5.65. The van der Waals surface area contributed by atoms with E-state index in [-0.39, 0.29) is 23.8 Å². The summed E-state index contributed by atoms with van der Waals surface area (Å²) in [5.74, 6) is 2.14. The zero-order chi connectivity index (χ0) is 23.0. The van der Waals surface area contributed by atoms with E-state index in [9.17, 15) is 4.79 Å². The van der Waals surface area contributed by atoms with Crippen LogP contribution in [0.1, 0.15) is 50.9 Å². The van der Waals surface area contributed by atoms with Crippen molar-refractivity contribution in [1.29, 1.82) is 0 Å². The predicted octanol–water partition coefficient (Wildman–Crippen LogP) is 3.28. The summed E-state index contributed by atoms with van der Waals surface area (Å²) in [5, 5.41) is 4.00. The second kappa shape index (κ2) is 8.62. The largest absolute Gasteiger partial charge is 0.485 e. The molecule has 1 aromatic carbocycles. The molecule has 1 saturated heterocycles. The number of nitrogens with zero attached hydrogens (tertiary/aromatic N) is 4. The Morgan fingerprint density at radius 1 is 1.18 bits per heavy atom. The fourth-order valence-corrected chi connectivity index (χ4v) is 4.07. The summed E-state index contributed by atoms with van der Waals surface area (Å²) in [6.45, 7) is 8.01. The molecule has 1 fully saturated rings. The minimum atomic E-state index is -0.299. The summed E-state index contributed by atoms with van der Waals surface area (Å²) in [6, 6.07) is 7.69. The van der Waals surface area contributed by atoms with Crippen molar-refractivity contribution < 1.29 is 18.7 Å². The summed E-state index contributed by atoms with van der Waals surface area (Å²) < 4.78 is 24.3. The molecule has 33 heavy (non-hydrogen) atoms. The predicted molar refractivity (Wildman–Crippen MR) is 119 cm³/mol. The first kappa shape index (κ1) is 21.6. The Balaban J connectivity index is 1.32. The first-order valence-corrected chi connectivity index (χ1v) is 11.3. The molecule has 9 heteroatoms. The van der Waals surface area contributed by atoms with E-state index in [0.29, 0.717) is 37.2 Å². The van der Waals surface area contributed by atoms with Gasteiger partial charge in [-0.25, -0.2) is 4.79 Å². The van der Waals surface area contributed by atoms with Crippen molar-refractivity contribution in [1.82, 2.24) is 19.7 Å². The summed E-state index contributed by atoms with van der Waals surface area (Å²) in [6.07, 6.45) is 2.79. The van der Waals surface area contributed by atoms with Crippen LogP contribution in [-0.2, 0) is 29.7 Å². The van der Waals surface area contributed by atoms with Crippen molar-refractivity contribution in [3.05, 3.63) is 52.0 Å². The van der Waals surface area contributed by atoms with E-state index >= 15 is 0 Å². The number of aryl methyl sites for hydroxylation is 1. The molecule has 5 rings (SSSR count). The summed E-state index contributed by atoms with van der Waals surface area (Å²) in [5.41, 5.74) is 2.38. The SMILES string of the molecule is CC(C)(C)c1nc(COc2ccc3c(c2)CCn2c-3cc(OCC3CCCO3)nc2=O)no1. The number of rotatable bonds is 6. The normalized spacial score (nSPS) is 17.5. The van der Waals surface area contributed by atoms with Gasteiger partial charge in [0.15, 0.2) is 6.61 Å². The lowest BCUT2D eigenvalue weighted by atomic mass is 9.97. The molecule has 0 bridgehead atoms. The number of hydrogen-bond acceptors (Lipinski definition) is 8. The lowest BCUT2D eigenvalue weighted by Crippen LogP contribution is -2.29. The highest BCUT2D eigenvalue weighted by Crippen LogP contribution is 2.32. The number of ether oxygens (including phenoxy) is 3. The topological polar surface area (TPSA) is 102 Å².